The van der Waals surface area contributed by atoms with E-state index in [2.05, 4.69) is 5.32 Å². The number of rotatable bonds is 2. The number of nitrogens with one attached hydrogen (secondary N) is 1. The number of fused-ring (bicyclic) bond motifs is 1. The minimum absolute atomic E-state index is 0.742. The van der Waals surface area contributed by atoms with Crippen molar-refractivity contribution < 1.29 is 4.42 Å². The molecular weight excluding hydrogens is 198 g/mol. The van der Waals surface area contributed by atoms with Crippen LogP contribution in [0.2, 0.25) is 5.02 Å². The van der Waals surface area contributed by atoms with Gasteiger partial charge in [0.15, 0.2) is 0 Å². The van der Waals surface area contributed by atoms with Crippen molar-refractivity contribution in [2.24, 2.45) is 0 Å². The summed E-state index contributed by atoms with van der Waals surface area (Å²) in [5.74, 6) is 0.938. The van der Waals surface area contributed by atoms with Crippen LogP contribution in [0.25, 0.3) is 11.0 Å². The quantitative estimate of drug-likeness (QED) is 0.822. The fourth-order valence-electron chi connectivity index (χ4n) is 1.60. The zero-order valence-electron chi connectivity index (χ0n) is 8.23. The lowest BCUT2D eigenvalue weighted by Crippen LogP contribution is -2.03. The molecule has 0 aliphatic heterocycles. The highest BCUT2D eigenvalue weighted by molar-refractivity contribution is 6.31. The minimum atomic E-state index is 0.742. The van der Waals surface area contributed by atoms with Gasteiger partial charge in [-0.3, -0.25) is 0 Å². The average Bonchev–Trinajstić information content (AvgIpc) is 2.48. The molecule has 0 atom stereocenters. The molecule has 14 heavy (non-hydrogen) atoms. The lowest BCUT2D eigenvalue weighted by Gasteiger charge is -1.95. The van der Waals surface area contributed by atoms with E-state index in [1.807, 2.05) is 32.2 Å². The molecule has 1 heterocycles. The molecule has 0 radical (unpaired) electrons. The van der Waals surface area contributed by atoms with Crippen LogP contribution in [0, 0.1) is 6.92 Å². The van der Waals surface area contributed by atoms with E-state index in [1.165, 1.54) is 0 Å². The van der Waals surface area contributed by atoms with E-state index in [1.54, 1.807) is 0 Å². The Morgan fingerprint density at radius 3 is 2.86 bits per heavy atom. The van der Waals surface area contributed by atoms with Gasteiger partial charge in [0.05, 0.1) is 6.54 Å². The summed E-state index contributed by atoms with van der Waals surface area (Å²) in [6.07, 6.45) is 0. The van der Waals surface area contributed by atoms with Crippen LogP contribution in [0.1, 0.15) is 11.3 Å². The number of furan rings is 1. The second-order valence-corrected chi connectivity index (χ2v) is 3.82. The number of halogens is 1. The number of benzene rings is 1. The van der Waals surface area contributed by atoms with E-state index in [9.17, 15) is 0 Å². The van der Waals surface area contributed by atoms with Gasteiger partial charge in [-0.05, 0) is 37.7 Å². The van der Waals surface area contributed by atoms with Crippen molar-refractivity contribution in [1.82, 2.24) is 5.32 Å². The maximum atomic E-state index is 5.95. The normalized spacial score (nSPS) is 11.1. The van der Waals surface area contributed by atoms with Crippen LogP contribution in [0.15, 0.2) is 22.6 Å². The van der Waals surface area contributed by atoms with Crippen LogP contribution in [0.5, 0.6) is 0 Å². The average molecular weight is 210 g/mol. The molecule has 0 unspecified atom stereocenters. The molecule has 0 saturated heterocycles. The Balaban J connectivity index is 2.58. The lowest BCUT2D eigenvalue weighted by molar-refractivity contribution is 0.529. The topological polar surface area (TPSA) is 25.2 Å². The molecule has 3 heteroatoms. The number of hydrogen-bond acceptors (Lipinski definition) is 2. The zero-order chi connectivity index (χ0) is 10.1. The first-order valence-electron chi connectivity index (χ1n) is 4.54. The predicted molar refractivity (Wildman–Crippen MR) is 58.7 cm³/mol. The third-order valence-electron chi connectivity index (χ3n) is 2.17. The van der Waals surface area contributed by atoms with Crippen LogP contribution in [-0.4, -0.2) is 7.05 Å². The minimum Gasteiger partial charge on any atom is -0.459 e. The summed E-state index contributed by atoms with van der Waals surface area (Å²) < 4.78 is 5.67. The first-order valence-corrected chi connectivity index (χ1v) is 4.91. The monoisotopic (exact) mass is 209 g/mol. The Morgan fingerprint density at radius 2 is 2.14 bits per heavy atom. The first-order chi connectivity index (χ1) is 6.70. The van der Waals surface area contributed by atoms with Gasteiger partial charge in [0.2, 0.25) is 0 Å². The summed E-state index contributed by atoms with van der Waals surface area (Å²) in [6, 6.07) is 5.85. The van der Waals surface area contributed by atoms with Crippen molar-refractivity contribution in [1.29, 1.82) is 0 Å². The second kappa shape index (κ2) is 3.64. The molecule has 0 amide bonds. The summed E-state index contributed by atoms with van der Waals surface area (Å²) >= 11 is 5.95. The molecule has 74 valence electrons. The van der Waals surface area contributed by atoms with E-state index in [0.29, 0.717) is 0 Å². The summed E-state index contributed by atoms with van der Waals surface area (Å²) in [6.45, 7) is 2.74. The summed E-state index contributed by atoms with van der Waals surface area (Å²) in [7, 11) is 1.90. The Bertz CT molecular complexity index is 462. The Kier molecular flexibility index (Phi) is 2.48. The SMILES string of the molecule is CNCc1cc2cc(Cl)cc(C)c2o1. The van der Waals surface area contributed by atoms with Gasteiger partial charge in [-0.2, -0.15) is 0 Å². The summed E-state index contributed by atoms with van der Waals surface area (Å²) in [5.41, 5.74) is 2.01. The molecular formula is C11H12ClNO. The molecule has 1 aromatic heterocycles. The van der Waals surface area contributed by atoms with E-state index in [4.69, 9.17) is 16.0 Å². The van der Waals surface area contributed by atoms with Crippen molar-refractivity contribution in [3.63, 3.8) is 0 Å². The molecule has 0 fully saturated rings. The highest BCUT2D eigenvalue weighted by Gasteiger charge is 2.06. The molecule has 1 N–H and O–H groups in total. The molecule has 0 bridgehead atoms. The first kappa shape index (κ1) is 9.56. The van der Waals surface area contributed by atoms with Crippen LogP contribution in [0.3, 0.4) is 0 Å². The fraction of sp³-hybridized carbons (Fsp3) is 0.273. The van der Waals surface area contributed by atoms with Gasteiger partial charge in [-0.25, -0.2) is 0 Å². The smallest absolute Gasteiger partial charge is 0.137 e. The van der Waals surface area contributed by atoms with Gasteiger partial charge >= 0.3 is 0 Å². The third kappa shape index (κ3) is 1.63. The highest BCUT2D eigenvalue weighted by Crippen LogP contribution is 2.26. The van der Waals surface area contributed by atoms with Gasteiger partial charge in [-0.15, -0.1) is 0 Å². The third-order valence-corrected chi connectivity index (χ3v) is 2.39. The molecule has 2 nitrogen and oxygen atoms in total. The lowest BCUT2D eigenvalue weighted by atomic mass is 10.2. The van der Waals surface area contributed by atoms with Gasteiger partial charge in [0, 0.05) is 10.4 Å². The van der Waals surface area contributed by atoms with E-state index in [-0.39, 0.29) is 0 Å². The van der Waals surface area contributed by atoms with Gasteiger partial charge < -0.3 is 9.73 Å². The van der Waals surface area contributed by atoms with E-state index >= 15 is 0 Å². The molecule has 0 aliphatic rings. The van der Waals surface area contributed by atoms with Crippen LogP contribution >= 0.6 is 11.6 Å². The van der Waals surface area contributed by atoms with Gasteiger partial charge in [0.25, 0.3) is 0 Å². The maximum absolute atomic E-state index is 5.95. The predicted octanol–water partition coefficient (Wildman–Crippen LogP) is 3.11. The summed E-state index contributed by atoms with van der Waals surface area (Å²) in [4.78, 5) is 0. The molecule has 2 aromatic rings. The number of aryl methyl sites for hydroxylation is 1. The number of hydrogen-bond donors (Lipinski definition) is 1. The Hall–Kier alpha value is -0.990. The molecule has 0 spiro atoms. The van der Waals surface area contributed by atoms with Crippen molar-refractivity contribution in [3.8, 4) is 0 Å². The molecule has 0 aliphatic carbocycles. The molecule has 0 saturated carbocycles. The molecule has 2 rings (SSSR count). The van der Waals surface area contributed by atoms with E-state index < -0.39 is 0 Å². The molecule has 1 aromatic carbocycles. The van der Waals surface area contributed by atoms with Crippen molar-refractivity contribution >= 4 is 22.6 Å². The standard InChI is InChI=1S/C11H12ClNO/c1-7-3-9(12)4-8-5-10(6-13-2)14-11(7)8/h3-5,13H,6H2,1-2H3. The van der Waals surface area contributed by atoms with Crippen molar-refractivity contribution in [2.75, 3.05) is 7.05 Å². The zero-order valence-corrected chi connectivity index (χ0v) is 8.98. The van der Waals surface area contributed by atoms with E-state index in [0.717, 1.165) is 33.9 Å². The van der Waals surface area contributed by atoms with Crippen LogP contribution in [0.4, 0.5) is 0 Å². The Morgan fingerprint density at radius 1 is 1.36 bits per heavy atom. The maximum Gasteiger partial charge on any atom is 0.137 e. The van der Waals surface area contributed by atoms with Crippen molar-refractivity contribution in [3.05, 3.63) is 34.5 Å². The Labute approximate surface area is 87.9 Å². The van der Waals surface area contributed by atoms with Crippen LogP contribution < -0.4 is 5.32 Å². The summed E-state index contributed by atoms with van der Waals surface area (Å²) in [5, 5.41) is 4.88. The van der Waals surface area contributed by atoms with Crippen LogP contribution in [-0.2, 0) is 6.54 Å². The van der Waals surface area contributed by atoms with Gasteiger partial charge in [-0.1, -0.05) is 11.6 Å². The second-order valence-electron chi connectivity index (χ2n) is 3.38. The fourth-order valence-corrected chi connectivity index (χ4v) is 1.88. The van der Waals surface area contributed by atoms with Crippen molar-refractivity contribution in [2.45, 2.75) is 13.5 Å². The highest BCUT2D eigenvalue weighted by atomic mass is 35.5. The largest absolute Gasteiger partial charge is 0.459 e. The van der Waals surface area contributed by atoms with Gasteiger partial charge in [0.1, 0.15) is 11.3 Å².